The third kappa shape index (κ3) is 4.16. The van der Waals surface area contributed by atoms with Crippen LogP contribution in [0.4, 0.5) is 16.2 Å². The zero-order valence-electron chi connectivity index (χ0n) is 19.1. The monoisotopic (exact) mass is 483 g/mol. The number of carbonyl (C=O) groups excluding carboxylic acids is 2. The zero-order chi connectivity index (χ0) is 25.4. The molecule has 0 bridgehead atoms. The largest absolute Gasteiger partial charge is 0.494 e. The number of non-ortho nitro benzene ring substituents is 1. The Balaban J connectivity index is 1.56. The van der Waals surface area contributed by atoms with Crippen LogP contribution in [0.15, 0.2) is 77.8 Å². The molecular formula is C26H21N5O5. The number of nitro benzene ring substituents is 1. The van der Waals surface area contributed by atoms with Crippen LogP contribution in [0.1, 0.15) is 16.7 Å². The van der Waals surface area contributed by atoms with Crippen LogP contribution in [0.2, 0.25) is 0 Å². The van der Waals surface area contributed by atoms with Gasteiger partial charge in [-0.2, -0.15) is 0 Å². The normalized spacial score (nSPS) is 16.0. The lowest BCUT2D eigenvalue weighted by atomic mass is 10.0. The van der Waals surface area contributed by atoms with Crippen molar-refractivity contribution in [2.24, 2.45) is 4.99 Å². The van der Waals surface area contributed by atoms with Gasteiger partial charge in [-0.05, 0) is 23.8 Å². The molecule has 0 saturated carbocycles. The highest BCUT2D eigenvalue weighted by atomic mass is 16.6. The fourth-order valence-corrected chi connectivity index (χ4v) is 4.26. The van der Waals surface area contributed by atoms with Crippen LogP contribution in [0, 0.1) is 10.1 Å². The summed E-state index contributed by atoms with van der Waals surface area (Å²) < 4.78 is 0. The second kappa shape index (κ2) is 8.99. The number of H-pyrrole nitrogens is 1. The van der Waals surface area contributed by atoms with Gasteiger partial charge >= 0.3 is 6.03 Å². The molecule has 1 fully saturated rings. The molecule has 3 aromatic carbocycles. The number of urea groups is 1. The van der Waals surface area contributed by atoms with E-state index in [1.807, 2.05) is 42.5 Å². The summed E-state index contributed by atoms with van der Waals surface area (Å²) in [6, 6.07) is 19.8. The number of aliphatic imine (C=N–C) groups is 1. The second-order valence-corrected chi connectivity index (χ2v) is 8.45. The van der Waals surface area contributed by atoms with Gasteiger partial charge in [-0.25, -0.2) is 9.79 Å². The molecule has 10 heteroatoms. The number of aromatic hydroxyl groups is 1. The molecule has 0 spiro atoms. The number of likely N-dealkylation sites (N-methyl/N-ethyl adjacent to an activating group) is 1. The quantitative estimate of drug-likeness (QED) is 0.164. The Morgan fingerprint density at radius 1 is 1.08 bits per heavy atom. The topological polar surface area (TPSA) is 141 Å². The van der Waals surface area contributed by atoms with E-state index in [2.05, 4.69) is 10.3 Å². The molecule has 1 aliphatic rings. The first-order valence-corrected chi connectivity index (χ1v) is 11.1. The molecule has 1 atom stereocenters. The maximum atomic E-state index is 12.0. The van der Waals surface area contributed by atoms with Crippen LogP contribution >= 0.6 is 0 Å². The number of imide groups is 1. The van der Waals surface area contributed by atoms with Crippen LogP contribution in [-0.2, 0) is 11.2 Å². The number of nitrogens with one attached hydrogen (secondary N) is 2. The minimum atomic E-state index is -0.578. The van der Waals surface area contributed by atoms with E-state index in [-0.39, 0.29) is 17.5 Å². The number of hydrogen-bond donors (Lipinski definition) is 3. The van der Waals surface area contributed by atoms with Crippen molar-refractivity contribution in [1.29, 1.82) is 0 Å². The molecule has 0 aliphatic carbocycles. The summed E-state index contributed by atoms with van der Waals surface area (Å²) in [5, 5.41) is 24.9. The first-order chi connectivity index (χ1) is 17.3. The van der Waals surface area contributed by atoms with Crippen LogP contribution in [0.5, 0.6) is 5.88 Å². The Morgan fingerprint density at radius 3 is 2.44 bits per heavy atom. The highest BCUT2D eigenvalue weighted by Gasteiger charge is 2.35. The molecule has 36 heavy (non-hydrogen) atoms. The predicted octanol–water partition coefficient (Wildman–Crippen LogP) is 4.04. The highest BCUT2D eigenvalue weighted by Crippen LogP contribution is 2.33. The Kier molecular flexibility index (Phi) is 5.69. The molecule has 4 aromatic rings. The summed E-state index contributed by atoms with van der Waals surface area (Å²) in [7, 11) is 1.58. The molecular weight excluding hydrogens is 462 g/mol. The Labute approximate surface area is 205 Å². The molecule has 3 amide bonds. The third-order valence-electron chi connectivity index (χ3n) is 6.18. The Hall–Kier alpha value is -4.99. The molecule has 5 rings (SSSR count). The number of aromatic nitrogens is 1. The van der Waals surface area contributed by atoms with Gasteiger partial charge in [0.15, 0.2) is 5.88 Å². The number of fused-ring (bicyclic) bond motifs is 1. The first kappa shape index (κ1) is 22.8. The van der Waals surface area contributed by atoms with Crippen molar-refractivity contribution >= 4 is 39.9 Å². The summed E-state index contributed by atoms with van der Waals surface area (Å²) in [6.45, 7) is 0. The number of rotatable bonds is 6. The number of hydrogen-bond acceptors (Lipinski definition) is 6. The van der Waals surface area contributed by atoms with Gasteiger partial charge in [-0.1, -0.05) is 42.5 Å². The summed E-state index contributed by atoms with van der Waals surface area (Å²) in [6.07, 6.45) is 0.358. The Bertz CT molecular complexity index is 1530. The van der Waals surface area contributed by atoms with E-state index >= 15 is 0 Å². The number of amides is 3. The lowest BCUT2D eigenvalue weighted by Crippen LogP contribution is -2.33. The fraction of sp³-hybridized carbons (Fsp3) is 0.115. The minimum Gasteiger partial charge on any atom is -0.494 e. The molecule has 180 valence electrons. The van der Waals surface area contributed by atoms with Gasteiger partial charge in [0.25, 0.3) is 11.6 Å². The van der Waals surface area contributed by atoms with Gasteiger partial charge in [-0.15, -0.1) is 0 Å². The van der Waals surface area contributed by atoms with Crippen LogP contribution in [0.25, 0.3) is 10.9 Å². The maximum Gasteiger partial charge on any atom is 0.324 e. The van der Waals surface area contributed by atoms with Crippen molar-refractivity contribution in [3.8, 4) is 5.88 Å². The van der Waals surface area contributed by atoms with E-state index in [0.717, 1.165) is 5.56 Å². The van der Waals surface area contributed by atoms with E-state index in [4.69, 9.17) is 4.99 Å². The van der Waals surface area contributed by atoms with Crippen LogP contribution < -0.4 is 5.32 Å². The van der Waals surface area contributed by atoms with Crippen molar-refractivity contribution < 1.29 is 19.6 Å². The highest BCUT2D eigenvalue weighted by molar-refractivity contribution is 6.22. The molecule has 1 saturated heterocycles. The second-order valence-electron chi connectivity index (χ2n) is 8.45. The number of nitrogens with zero attached hydrogens (tertiary/aromatic N) is 3. The van der Waals surface area contributed by atoms with Gasteiger partial charge in [0, 0.05) is 42.1 Å². The average molecular weight is 483 g/mol. The van der Waals surface area contributed by atoms with Gasteiger partial charge in [0.2, 0.25) is 0 Å². The molecule has 10 nitrogen and oxygen atoms in total. The summed E-state index contributed by atoms with van der Waals surface area (Å²) >= 11 is 0. The van der Waals surface area contributed by atoms with Crippen molar-refractivity contribution in [2.75, 3.05) is 7.05 Å². The maximum absolute atomic E-state index is 12.0. The van der Waals surface area contributed by atoms with Crippen molar-refractivity contribution in [3.05, 3.63) is 99.6 Å². The SMILES string of the molecule is CN1C(=O)NC(=O)C1Cc1ccc(N=C(c2ccccc2)c2c(O)[nH]c3ccc([N+](=O)[O-])cc23)cc1. The number of carbonyl (C=O) groups is 2. The van der Waals surface area contributed by atoms with Crippen LogP contribution in [0.3, 0.4) is 0 Å². The van der Waals surface area contributed by atoms with Crippen molar-refractivity contribution in [2.45, 2.75) is 12.5 Å². The molecule has 2 heterocycles. The number of nitro groups is 1. The van der Waals surface area contributed by atoms with E-state index in [0.29, 0.717) is 39.8 Å². The zero-order valence-corrected chi connectivity index (χ0v) is 19.1. The summed E-state index contributed by atoms with van der Waals surface area (Å²) in [5.41, 5.74) is 3.38. The van der Waals surface area contributed by atoms with E-state index in [9.17, 15) is 24.8 Å². The summed E-state index contributed by atoms with van der Waals surface area (Å²) in [5.74, 6) is -0.482. The molecule has 3 N–H and O–H groups in total. The smallest absolute Gasteiger partial charge is 0.324 e. The van der Waals surface area contributed by atoms with E-state index in [1.165, 1.54) is 17.0 Å². The average Bonchev–Trinajstić information content (AvgIpc) is 3.32. The van der Waals surface area contributed by atoms with Crippen molar-refractivity contribution in [1.82, 2.24) is 15.2 Å². The third-order valence-corrected chi connectivity index (χ3v) is 6.18. The fourth-order valence-electron chi connectivity index (χ4n) is 4.26. The molecule has 1 aliphatic heterocycles. The van der Waals surface area contributed by atoms with Gasteiger partial charge in [0.1, 0.15) is 6.04 Å². The Morgan fingerprint density at radius 2 is 1.81 bits per heavy atom. The number of benzene rings is 3. The van der Waals surface area contributed by atoms with E-state index in [1.54, 1.807) is 25.2 Å². The first-order valence-electron chi connectivity index (χ1n) is 11.1. The minimum absolute atomic E-state index is 0.0982. The van der Waals surface area contributed by atoms with E-state index < -0.39 is 17.0 Å². The van der Waals surface area contributed by atoms with Crippen LogP contribution in [-0.4, -0.2) is 50.7 Å². The number of aromatic amines is 1. The predicted molar refractivity (Wildman–Crippen MR) is 134 cm³/mol. The van der Waals surface area contributed by atoms with Gasteiger partial charge < -0.3 is 15.0 Å². The summed E-state index contributed by atoms with van der Waals surface area (Å²) in [4.78, 5) is 43.7. The standard InChI is InChI=1S/C26H21N5O5/c1-30-21(24(32)29-26(30)34)13-15-7-9-17(10-8-15)27-23(16-5-3-2-4-6-16)22-19-14-18(31(35)36)11-12-20(19)28-25(22)33/h2-12,14,21,28,33H,13H2,1H3,(H,29,32,34). The molecule has 1 aromatic heterocycles. The molecule has 1 unspecified atom stereocenters. The van der Waals surface area contributed by atoms with Crippen molar-refractivity contribution in [3.63, 3.8) is 0 Å². The lowest BCUT2D eigenvalue weighted by Gasteiger charge is -2.16. The van der Waals surface area contributed by atoms with Gasteiger partial charge in [-0.3, -0.25) is 20.2 Å². The van der Waals surface area contributed by atoms with Gasteiger partial charge in [0.05, 0.1) is 21.9 Å². The lowest BCUT2D eigenvalue weighted by molar-refractivity contribution is -0.384. The molecule has 0 radical (unpaired) electrons.